The van der Waals surface area contributed by atoms with Crippen LogP contribution in [0, 0.1) is 6.92 Å². The Morgan fingerprint density at radius 1 is 1.42 bits per heavy atom. The summed E-state index contributed by atoms with van der Waals surface area (Å²) in [4.78, 5) is 0. The maximum absolute atomic E-state index is 4.16. The van der Waals surface area contributed by atoms with Gasteiger partial charge < -0.3 is 0 Å². The highest BCUT2D eigenvalue weighted by molar-refractivity contribution is 7.78. The molecule has 1 aromatic rings. The molecule has 0 bridgehead atoms. The van der Waals surface area contributed by atoms with E-state index < -0.39 is 0 Å². The first-order valence-electron chi connectivity index (χ1n) is 4.25. The summed E-state index contributed by atoms with van der Waals surface area (Å²) in [6.45, 7) is 2.12. The van der Waals surface area contributed by atoms with Crippen LogP contribution >= 0.6 is 12.8 Å². The Labute approximate surface area is 78.7 Å². The van der Waals surface area contributed by atoms with Crippen LogP contribution in [0.4, 0.5) is 0 Å². The fourth-order valence-electron chi connectivity index (χ4n) is 1.53. The maximum Gasteiger partial charge on any atom is 0.0530 e. The van der Waals surface area contributed by atoms with Crippen molar-refractivity contribution in [3.63, 3.8) is 0 Å². The second-order valence-electron chi connectivity index (χ2n) is 3.56. The lowest BCUT2D eigenvalue weighted by atomic mass is 10.0. The van der Waals surface area contributed by atoms with E-state index in [1.807, 2.05) is 0 Å². The summed E-state index contributed by atoms with van der Waals surface area (Å²) in [6, 6.07) is 8.63. The minimum atomic E-state index is 0.190. The van der Waals surface area contributed by atoms with E-state index in [0.717, 1.165) is 0 Å². The van der Waals surface area contributed by atoms with Crippen molar-refractivity contribution in [2.75, 3.05) is 0 Å². The Morgan fingerprint density at radius 3 is 2.67 bits per heavy atom. The summed E-state index contributed by atoms with van der Waals surface area (Å²) in [6.07, 6.45) is 2.42. The zero-order chi connectivity index (χ0) is 8.60. The lowest BCUT2D eigenvalue weighted by Gasteiger charge is -2.13. The molecule has 2 rings (SSSR count). The van der Waals surface area contributed by atoms with Crippen LogP contribution in [0.5, 0.6) is 0 Å². The van der Waals surface area contributed by atoms with Crippen LogP contribution in [0.3, 0.4) is 0 Å². The summed E-state index contributed by atoms with van der Waals surface area (Å²) in [5.41, 5.74) is 2.88. The highest BCUT2D eigenvalue weighted by Gasteiger charge is 2.43. The summed E-state index contributed by atoms with van der Waals surface area (Å²) in [5.74, 6) is 0. The Bertz CT molecular complexity index is 292. The van der Waals surface area contributed by atoms with Crippen LogP contribution in [0.2, 0.25) is 0 Å². The van der Waals surface area contributed by atoms with Crippen LogP contribution < -0.4 is 4.72 Å². The molecule has 1 aromatic carbocycles. The first kappa shape index (κ1) is 8.14. The highest BCUT2D eigenvalue weighted by atomic mass is 32.1. The predicted octanol–water partition coefficient (Wildman–Crippen LogP) is 2.42. The Kier molecular flexibility index (Phi) is 1.89. The molecule has 12 heavy (non-hydrogen) atoms. The van der Waals surface area contributed by atoms with E-state index in [1.54, 1.807) is 0 Å². The third kappa shape index (κ3) is 1.25. The molecule has 0 spiro atoms. The lowest BCUT2D eigenvalue weighted by Crippen LogP contribution is -2.19. The molecule has 0 aromatic heterocycles. The zero-order valence-electron chi connectivity index (χ0n) is 7.17. The van der Waals surface area contributed by atoms with Gasteiger partial charge in [-0.15, -0.1) is 0 Å². The fraction of sp³-hybridized carbons (Fsp3) is 0.400. The minimum Gasteiger partial charge on any atom is -0.256 e. The van der Waals surface area contributed by atoms with Gasteiger partial charge in [0.05, 0.1) is 5.54 Å². The summed E-state index contributed by atoms with van der Waals surface area (Å²) in [7, 11) is 0. The molecule has 1 nitrogen and oxygen atoms in total. The van der Waals surface area contributed by atoms with E-state index in [2.05, 4.69) is 48.7 Å². The topological polar surface area (TPSA) is 12.0 Å². The van der Waals surface area contributed by atoms with Gasteiger partial charge in [0.25, 0.3) is 0 Å². The molecule has 0 unspecified atom stereocenters. The normalized spacial score (nSPS) is 19.2. The molecule has 0 aliphatic heterocycles. The van der Waals surface area contributed by atoms with Gasteiger partial charge in [-0.2, -0.15) is 0 Å². The number of benzene rings is 1. The van der Waals surface area contributed by atoms with Gasteiger partial charge in [0, 0.05) is 0 Å². The number of hydrogen-bond acceptors (Lipinski definition) is 2. The van der Waals surface area contributed by atoms with Crippen LogP contribution in [0.25, 0.3) is 0 Å². The predicted molar refractivity (Wildman–Crippen MR) is 54.2 cm³/mol. The Morgan fingerprint density at radius 2 is 2.17 bits per heavy atom. The van der Waals surface area contributed by atoms with E-state index in [0.29, 0.717) is 0 Å². The SMILES string of the molecule is Cc1cccc(C2(NS)CC2)c1. The zero-order valence-corrected chi connectivity index (χ0v) is 8.07. The van der Waals surface area contributed by atoms with Crippen molar-refractivity contribution in [1.82, 2.24) is 4.72 Å². The van der Waals surface area contributed by atoms with Crippen LogP contribution in [0.15, 0.2) is 24.3 Å². The van der Waals surface area contributed by atoms with E-state index >= 15 is 0 Å². The molecule has 1 aliphatic rings. The molecule has 2 heteroatoms. The average Bonchev–Trinajstić information content (AvgIpc) is 2.84. The van der Waals surface area contributed by atoms with Crippen molar-refractivity contribution in [3.8, 4) is 0 Å². The standard InChI is InChI=1S/C10H13NS/c1-8-3-2-4-9(7-8)10(11-12)5-6-10/h2-4,7,11-12H,5-6H2,1H3. The molecule has 0 amide bonds. The molecule has 64 valence electrons. The van der Waals surface area contributed by atoms with Gasteiger partial charge in [-0.1, -0.05) is 42.6 Å². The Hall–Kier alpha value is -0.470. The molecule has 0 radical (unpaired) electrons. The maximum atomic E-state index is 4.16. The molecule has 1 N–H and O–H groups in total. The molecule has 1 saturated carbocycles. The van der Waals surface area contributed by atoms with Crippen molar-refractivity contribution in [2.45, 2.75) is 25.3 Å². The highest BCUT2D eigenvalue weighted by Crippen LogP contribution is 2.45. The number of nitrogens with one attached hydrogen (secondary N) is 1. The fourth-order valence-corrected chi connectivity index (χ4v) is 1.89. The molecular formula is C10H13NS. The molecular weight excluding hydrogens is 166 g/mol. The smallest absolute Gasteiger partial charge is 0.0530 e. The van der Waals surface area contributed by atoms with Gasteiger partial charge in [-0.05, 0) is 25.3 Å². The minimum absolute atomic E-state index is 0.190. The van der Waals surface area contributed by atoms with Crippen LogP contribution in [0.1, 0.15) is 24.0 Å². The largest absolute Gasteiger partial charge is 0.256 e. The molecule has 0 saturated heterocycles. The van der Waals surface area contributed by atoms with E-state index in [1.165, 1.54) is 24.0 Å². The van der Waals surface area contributed by atoms with Crippen LogP contribution in [-0.2, 0) is 5.54 Å². The van der Waals surface area contributed by atoms with Crippen LogP contribution in [-0.4, -0.2) is 0 Å². The third-order valence-corrected chi connectivity index (χ3v) is 2.96. The summed E-state index contributed by atoms with van der Waals surface area (Å²) >= 11 is 4.16. The van der Waals surface area contributed by atoms with Crippen molar-refractivity contribution < 1.29 is 0 Å². The molecule has 0 atom stereocenters. The van der Waals surface area contributed by atoms with Crippen molar-refractivity contribution in [3.05, 3.63) is 35.4 Å². The molecule has 0 heterocycles. The van der Waals surface area contributed by atoms with E-state index in [-0.39, 0.29) is 5.54 Å². The van der Waals surface area contributed by atoms with Gasteiger partial charge in [-0.25, -0.2) is 0 Å². The van der Waals surface area contributed by atoms with Gasteiger partial charge in [0.15, 0.2) is 0 Å². The monoisotopic (exact) mass is 179 g/mol. The number of hydrogen-bond donors (Lipinski definition) is 2. The summed E-state index contributed by atoms with van der Waals surface area (Å²) < 4.78 is 3.09. The van der Waals surface area contributed by atoms with E-state index in [4.69, 9.17) is 0 Å². The number of rotatable bonds is 2. The second-order valence-corrected chi connectivity index (χ2v) is 3.79. The van der Waals surface area contributed by atoms with Gasteiger partial charge in [-0.3, -0.25) is 4.72 Å². The van der Waals surface area contributed by atoms with Crippen molar-refractivity contribution >= 4 is 12.8 Å². The number of thiol groups is 1. The first-order chi connectivity index (χ1) is 5.77. The quantitative estimate of drug-likeness (QED) is 0.664. The lowest BCUT2D eigenvalue weighted by molar-refractivity contribution is 0.682. The van der Waals surface area contributed by atoms with Crippen molar-refractivity contribution in [1.29, 1.82) is 0 Å². The van der Waals surface area contributed by atoms with Gasteiger partial charge in [0.2, 0.25) is 0 Å². The third-order valence-electron chi connectivity index (χ3n) is 2.53. The number of aryl methyl sites for hydroxylation is 1. The van der Waals surface area contributed by atoms with E-state index in [9.17, 15) is 0 Å². The first-order valence-corrected chi connectivity index (χ1v) is 4.70. The van der Waals surface area contributed by atoms with Gasteiger partial charge in [0.1, 0.15) is 0 Å². The van der Waals surface area contributed by atoms with Gasteiger partial charge >= 0.3 is 0 Å². The molecule has 1 fully saturated rings. The average molecular weight is 179 g/mol. The summed E-state index contributed by atoms with van der Waals surface area (Å²) in [5, 5.41) is 0. The Balaban J connectivity index is 2.34. The molecule has 1 aliphatic carbocycles. The van der Waals surface area contributed by atoms with Crippen molar-refractivity contribution in [2.24, 2.45) is 0 Å². The second kappa shape index (κ2) is 2.79.